The Labute approximate surface area is 133 Å². The van der Waals surface area contributed by atoms with E-state index < -0.39 is 0 Å². The summed E-state index contributed by atoms with van der Waals surface area (Å²) in [6.07, 6.45) is 1.55. The maximum Gasteiger partial charge on any atom is 0.141 e. The Kier molecular flexibility index (Phi) is 3.27. The smallest absolute Gasteiger partial charge is 0.141 e. The Morgan fingerprint density at radius 3 is 2.74 bits per heavy atom. The molecule has 0 aliphatic heterocycles. The highest BCUT2D eigenvalue weighted by Crippen LogP contribution is 2.27. The Bertz CT molecular complexity index is 998. The van der Waals surface area contributed by atoms with Gasteiger partial charge >= 0.3 is 0 Å². The van der Waals surface area contributed by atoms with Crippen LogP contribution in [0.25, 0.3) is 21.7 Å². The van der Waals surface area contributed by atoms with Crippen LogP contribution in [0.2, 0.25) is 0 Å². The molecular formula is C19H14N3O. The summed E-state index contributed by atoms with van der Waals surface area (Å²) in [7, 11) is 1.62. The van der Waals surface area contributed by atoms with Gasteiger partial charge in [-0.1, -0.05) is 30.3 Å². The molecule has 4 nitrogen and oxygen atoms in total. The molecule has 4 heteroatoms. The molecule has 0 saturated heterocycles. The molecular weight excluding hydrogens is 286 g/mol. The number of methoxy groups -OCH3 is 1. The normalized spacial score (nSPS) is 10.8. The summed E-state index contributed by atoms with van der Waals surface area (Å²) in [5.41, 5.74) is 1.80. The zero-order valence-electron chi connectivity index (χ0n) is 12.6. The van der Waals surface area contributed by atoms with Crippen molar-refractivity contribution in [2.75, 3.05) is 12.4 Å². The number of benzene rings is 3. The van der Waals surface area contributed by atoms with Gasteiger partial charge in [0.1, 0.15) is 17.9 Å². The van der Waals surface area contributed by atoms with E-state index in [1.165, 1.54) is 10.8 Å². The number of nitrogens with zero attached hydrogens (tertiary/aromatic N) is 2. The molecule has 0 saturated carbocycles. The van der Waals surface area contributed by atoms with Gasteiger partial charge < -0.3 is 10.1 Å². The summed E-state index contributed by atoms with van der Waals surface area (Å²) in [5.74, 6) is 1.41. The Morgan fingerprint density at radius 2 is 1.87 bits per heavy atom. The Morgan fingerprint density at radius 1 is 1.00 bits per heavy atom. The van der Waals surface area contributed by atoms with Crippen molar-refractivity contribution in [1.82, 2.24) is 9.97 Å². The highest BCUT2D eigenvalue weighted by molar-refractivity contribution is 5.93. The summed E-state index contributed by atoms with van der Waals surface area (Å²) in [5, 5.41) is 6.66. The molecule has 1 heterocycles. The third-order valence-corrected chi connectivity index (χ3v) is 3.77. The lowest BCUT2D eigenvalue weighted by Crippen LogP contribution is -1.96. The highest BCUT2D eigenvalue weighted by Gasteiger charge is 2.06. The van der Waals surface area contributed by atoms with Crippen molar-refractivity contribution >= 4 is 33.2 Å². The van der Waals surface area contributed by atoms with E-state index >= 15 is 0 Å². The predicted molar refractivity (Wildman–Crippen MR) is 92.2 cm³/mol. The lowest BCUT2D eigenvalue weighted by molar-refractivity contribution is 0.414. The number of nitrogens with one attached hydrogen (secondary N) is 1. The maximum absolute atomic E-state index is 5.19. The number of anilines is 2. The molecule has 0 aliphatic carbocycles. The molecule has 3 aromatic carbocycles. The van der Waals surface area contributed by atoms with Crippen LogP contribution in [0.15, 0.2) is 60.9 Å². The van der Waals surface area contributed by atoms with Crippen molar-refractivity contribution in [3.63, 3.8) is 0 Å². The molecule has 0 bridgehead atoms. The lowest BCUT2D eigenvalue weighted by atomic mass is 10.1. The van der Waals surface area contributed by atoms with Crippen LogP contribution < -0.4 is 10.1 Å². The number of hydrogen-bond donors (Lipinski definition) is 1. The average Bonchev–Trinajstić information content (AvgIpc) is 2.61. The van der Waals surface area contributed by atoms with Gasteiger partial charge in [-0.25, -0.2) is 9.97 Å². The summed E-state index contributed by atoms with van der Waals surface area (Å²) in [4.78, 5) is 8.65. The zero-order valence-corrected chi connectivity index (χ0v) is 12.6. The van der Waals surface area contributed by atoms with Crippen molar-refractivity contribution in [2.45, 2.75) is 0 Å². The quantitative estimate of drug-likeness (QED) is 0.611. The predicted octanol–water partition coefficient (Wildman–Crippen LogP) is 4.34. The van der Waals surface area contributed by atoms with E-state index in [0.717, 1.165) is 22.4 Å². The largest absolute Gasteiger partial charge is 0.496 e. The van der Waals surface area contributed by atoms with Crippen LogP contribution in [0.4, 0.5) is 11.5 Å². The molecule has 1 radical (unpaired) electrons. The first-order chi connectivity index (χ1) is 11.3. The molecule has 23 heavy (non-hydrogen) atoms. The van der Waals surface area contributed by atoms with Crippen molar-refractivity contribution in [3.8, 4) is 5.75 Å². The topological polar surface area (TPSA) is 47.0 Å². The lowest BCUT2D eigenvalue weighted by Gasteiger charge is -2.10. The first-order valence-corrected chi connectivity index (χ1v) is 7.30. The first kappa shape index (κ1) is 13.5. The summed E-state index contributed by atoms with van der Waals surface area (Å²) < 4.78 is 5.19. The number of rotatable bonds is 3. The second kappa shape index (κ2) is 5.57. The molecule has 0 spiro atoms. The fourth-order valence-corrected chi connectivity index (χ4v) is 2.60. The zero-order chi connectivity index (χ0) is 15.6. The van der Waals surface area contributed by atoms with E-state index in [2.05, 4.69) is 45.6 Å². The van der Waals surface area contributed by atoms with Gasteiger partial charge in [-0.15, -0.1) is 0 Å². The molecule has 1 N–H and O–H groups in total. The summed E-state index contributed by atoms with van der Waals surface area (Å²) in [6.45, 7) is 0. The Balaban J connectivity index is 1.76. The van der Waals surface area contributed by atoms with Gasteiger partial charge in [0, 0.05) is 23.2 Å². The van der Waals surface area contributed by atoms with Gasteiger partial charge in [0.2, 0.25) is 0 Å². The van der Waals surface area contributed by atoms with Gasteiger partial charge in [0.25, 0.3) is 0 Å². The van der Waals surface area contributed by atoms with Gasteiger partial charge in [-0.05, 0) is 29.0 Å². The molecule has 111 valence electrons. The molecule has 1 aromatic heterocycles. The van der Waals surface area contributed by atoms with E-state index in [1.807, 2.05) is 30.3 Å². The highest BCUT2D eigenvalue weighted by atomic mass is 16.5. The number of aromatic nitrogens is 2. The van der Waals surface area contributed by atoms with Crippen LogP contribution >= 0.6 is 0 Å². The number of fused-ring (bicyclic) bond motifs is 2. The fourth-order valence-electron chi connectivity index (χ4n) is 2.60. The van der Waals surface area contributed by atoms with E-state index in [-0.39, 0.29) is 0 Å². The van der Waals surface area contributed by atoms with Crippen LogP contribution in [0.1, 0.15) is 0 Å². The molecule has 0 atom stereocenters. The minimum absolute atomic E-state index is 0.660. The molecule has 4 aromatic rings. The second-order valence-corrected chi connectivity index (χ2v) is 5.21. The molecule has 0 unspecified atom stereocenters. The van der Waals surface area contributed by atoms with Gasteiger partial charge in [-0.2, -0.15) is 0 Å². The summed E-state index contributed by atoms with van der Waals surface area (Å²) >= 11 is 0. The minimum Gasteiger partial charge on any atom is -0.496 e. The monoisotopic (exact) mass is 300 g/mol. The van der Waals surface area contributed by atoms with Gasteiger partial charge in [0.15, 0.2) is 0 Å². The molecule has 0 fully saturated rings. The van der Waals surface area contributed by atoms with Crippen LogP contribution in [0.3, 0.4) is 0 Å². The first-order valence-electron chi connectivity index (χ1n) is 7.30. The van der Waals surface area contributed by atoms with E-state index in [9.17, 15) is 0 Å². The number of hydrogen-bond acceptors (Lipinski definition) is 4. The maximum atomic E-state index is 5.19. The third kappa shape index (κ3) is 2.55. The standard InChI is InChI=1S/C19H14N3O/c1-23-16-8-9-17-18(11-16)20-12-21-19(17)22-15-7-6-13-4-2-3-5-14(13)10-15/h2-7,9-12H,1H3,(H,20,21,22). The van der Waals surface area contributed by atoms with Crippen molar-refractivity contribution < 1.29 is 4.74 Å². The van der Waals surface area contributed by atoms with Crippen molar-refractivity contribution in [3.05, 3.63) is 67.0 Å². The second-order valence-electron chi connectivity index (χ2n) is 5.21. The van der Waals surface area contributed by atoms with E-state index in [4.69, 9.17) is 4.74 Å². The van der Waals surface area contributed by atoms with Crippen molar-refractivity contribution in [1.29, 1.82) is 0 Å². The summed E-state index contributed by atoms with van der Waals surface area (Å²) in [6, 6.07) is 21.3. The third-order valence-electron chi connectivity index (χ3n) is 3.77. The Hall–Kier alpha value is -3.14. The average molecular weight is 300 g/mol. The molecule has 4 rings (SSSR count). The van der Waals surface area contributed by atoms with Gasteiger partial charge in [-0.3, -0.25) is 0 Å². The SMILES string of the molecule is COc1[c]cc2c(Nc3ccc4ccccc4c3)ncnc2c1. The van der Waals surface area contributed by atoms with Crippen LogP contribution in [-0.4, -0.2) is 17.1 Å². The van der Waals surface area contributed by atoms with Crippen molar-refractivity contribution in [2.24, 2.45) is 0 Å². The van der Waals surface area contributed by atoms with Crippen LogP contribution in [-0.2, 0) is 0 Å². The number of ether oxygens (including phenoxy) is 1. The minimum atomic E-state index is 0.660. The van der Waals surface area contributed by atoms with E-state index in [0.29, 0.717) is 5.75 Å². The van der Waals surface area contributed by atoms with E-state index in [1.54, 1.807) is 13.4 Å². The van der Waals surface area contributed by atoms with Crippen LogP contribution in [0.5, 0.6) is 5.75 Å². The fraction of sp³-hybridized carbons (Fsp3) is 0.0526. The molecule has 0 amide bonds. The molecule has 0 aliphatic rings. The van der Waals surface area contributed by atoms with Crippen LogP contribution in [0, 0.1) is 6.07 Å². The van der Waals surface area contributed by atoms with Gasteiger partial charge in [0.05, 0.1) is 12.6 Å².